The molecule has 35 heavy (non-hydrogen) atoms. The van der Waals surface area contributed by atoms with Gasteiger partial charge in [-0.25, -0.2) is 0 Å². The Bertz CT molecular complexity index is 1170. The lowest BCUT2D eigenvalue weighted by molar-refractivity contribution is -0.135. The molecule has 5 rings (SSSR count). The summed E-state index contributed by atoms with van der Waals surface area (Å²) in [4.78, 5) is 57.4. The molecular weight excluding hydrogens is 448 g/mol. The molecule has 2 heterocycles. The second-order valence-electron chi connectivity index (χ2n) is 9.03. The Morgan fingerprint density at radius 1 is 0.743 bits per heavy atom. The van der Waals surface area contributed by atoms with Crippen LogP contribution >= 0.6 is 0 Å². The highest BCUT2D eigenvalue weighted by Gasteiger charge is 2.32. The maximum Gasteiger partial charge on any atom is 0.238 e. The van der Waals surface area contributed by atoms with Gasteiger partial charge < -0.3 is 15.0 Å². The number of fused-ring (bicyclic) bond motifs is 2. The fourth-order valence-electron chi connectivity index (χ4n) is 4.85. The van der Waals surface area contributed by atoms with Gasteiger partial charge >= 0.3 is 0 Å². The van der Waals surface area contributed by atoms with Crippen molar-refractivity contribution in [2.45, 2.75) is 0 Å². The van der Waals surface area contributed by atoms with Crippen LogP contribution in [0.15, 0.2) is 42.5 Å². The van der Waals surface area contributed by atoms with Crippen molar-refractivity contribution in [1.82, 2.24) is 14.7 Å². The van der Waals surface area contributed by atoms with Gasteiger partial charge in [0.15, 0.2) is 11.6 Å². The average molecular weight is 477 g/mol. The van der Waals surface area contributed by atoms with Gasteiger partial charge in [0, 0.05) is 56.0 Å². The molecule has 2 amide bonds. The summed E-state index contributed by atoms with van der Waals surface area (Å²) < 4.78 is 5.33. The molecule has 3 aliphatic rings. The third kappa shape index (κ3) is 4.88. The minimum atomic E-state index is -0.265. The minimum Gasteiger partial charge on any atom is -0.379 e. The largest absolute Gasteiger partial charge is 0.379 e. The van der Waals surface area contributed by atoms with Crippen LogP contribution in [-0.2, 0) is 14.3 Å². The van der Waals surface area contributed by atoms with E-state index in [1.165, 1.54) is 0 Å². The zero-order chi connectivity index (χ0) is 24.4. The van der Waals surface area contributed by atoms with Crippen molar-refractivity contribution >= 4 is 29.1 Å². The standard InChI is InChI=1S/C26H28N4O5/c31-22(16-28-8-10-30(11-9-28)23(32)17-29-12-14-35-15-13-29)27-21-7-3-6-20-24(21)26(34)19-5-2-1-4-18(19)25(20)33/h1-7H,8-17H2,(H,27,31). The minimum absolute atomic E-state index is 0.107. The van der Waals surface area contributed by atoms with Crippen molar-refractivity contribution in [3.63, 3.8) is 0 Å². The van der Waals surface area contributed by atoms with E-state index < -0.39 is 0 Å². The molecule has 0 bridgehead atoms. The van der Waals surface area contributed by atoms with E-state index in [0.29, 0.717) is 68.3 Å². The number of carbonyl (C=O) groups is 4. The molecule has 1 N–H and O–H groups in total. The van der Waals surface area contributed by atoms with Crippen LogP contribution < -0.4 is 5.32 Å². The van der Waals surface area contributed by atoms with Gasteiger partial charge in [0.05, 0.1) is 37.6 Å². The third-order valence-electron chi connectivity index (χ3n) is 6.78. The Balaban J connectivity index is 1.18. The van der Waals surface area contributed by atoms with Crippen molar-refractivity contribution in [2.75, 3.05) is 70.9 Å². The summed E-state index contributed by atoms with van der Waals surface area (Å²) in [5, 5.41) is 2.83. The van der Waals surface area contributed by atoms with Crippen LogP contribution in [-0.4, -0.2) is 104 Å². The lowest BCUT2D eigenvalue weighted by Crippen LogP contribution is -2.53. The number of hydrogen-bond donors (Lipinski definition) is 1. The molecule has 0 atom stereocenters. The molecule has 0 radical (unpaired) electrons. The van der Waals surface area contributed by atoms with E-state index in [1.807, 2.05) is 9.80 Å². The maximum absolute atomic E-state index is 13.1. The summed E-state index contributed by atoms with van der Waals surface area (Å²) in [6, 6.07) is 11.7. The Hall–Kier alpha value is -3.40. The number of carbonyl (C=O) groups excluding carboxylic acids is 4. The number of hydrogen-bond acceptors (Lipinski definition) is 7. The van der Waals surface area contributed by atoms with Gasteiger partial charge in [-0.05, 0) is 6.07 Å². The second-order valence-corrected chi connectivity index (χ2v) is 9.03. The lowest BCUT2D eigenvalue weighted by atomic mass is 9.83. The van der Waals surface area contributed by atoms with E-state index in [-0.39, 0.29) is 35.5 Å². The molecule has 2 aliphatic heterocycles. The van der Waals surface area contributed by atoms with E-state index in [4.69, 9.17) is 4.74 Å². The fourth-order valence-corrected chi connectivity index (χ4v) is 4.85. The third-order valence-corrected chi connectivity index (χ3v) is 6.78. The summed E-state index contributed by atoms with van der Waals surface area (Å²) >= 11 is 0. The van der Waals surface area contributed by atoms with E-state index in [0.717, 1.165) is 13.1 Å². The van der Waals surface area contributed by atoms with Crippen LogP contribution in [0.2, 0.25) is 0 Å². The molecule has 2 aromatic carbocycles. The monoisotopic (exact) mass is 476 g/mol. The number of amides is 2. The highest BCUT2D eigenvalue weighted by Crippen LogP contribution is 2.31. The van der Waals surface area contributed by atoms with Crippen LogP contribution in [0.1, 0.15) is 31.8 Å². The first kappa shape index (κ1) is 23.3. The van der Waals surface area contributed by atoms with Gasteiger partial charge in [-0.1, -0.05) is 36.4 Å². The van der Waals surface area contributed by atoms with Crippen molar-refractivity contribution < 1.29 is 23.9 Å². The SMILES string of the molecule is O=C(CN1CCN(C(=O)CN2CCOCC2)CC1)Nc1cccc2c1C(=O)c1ccccc1C2=O. The number of anilines is 1. The molecule has 0 unspecified atom stereocenters. The van der Waals surface area contributed by atoms with Crippen molar-refractivity contribution in [2.24, 2.45) is 0 Å². The van der Waals surface area contributed by atoms with Gasteiger partial charge in [-0.15, -0.1) is 0 Å². The molecule has 2 fully saturated rings. The van der Waals surface area contributed by atoms with Crippen molar-refractivity contribution in [1.29, 1.82) is 0 Å². The summed E-state index contributed by atoms with van der Waals surface area (Å²) in [5.41, 5.74) is 1.63. The smallest absolute Gasteiger partial charge is 0.238 e. The quantitative estimate of drug-likeness (QED) is 0.584. The Morgan fingerprint density at radius 2 is 1.37 bits per heavy atom. The van der Waals surface area contributed by atoms with Crippen LogP contribution in [0.25, 0.3) is 0 Å². The normalized spacial score (nSPS) is 18.7. The van der Waals surface area contributed by atoms with E-state index >= 15 is 0 Å². The molecule has 1 aliphatic carbocycles. The first-order chi connectivity index (χ1) is 17.0. The highest BCUT2D eigenvalue weighted by molar-refractivity contribution is 6.30. The number of benzene rings is 2. The van der Waals surface area contributed by atoms with Gasteiger partial charge in [0.1, 0.15) is 0 Å². The fraction of sp³-hybridized carbons (Fsp3) is 0.385. The first-order valence-corrected chi connectivity index (χ1v) is 11.9. The predicted molar refractivity (Wildman–Crippen MR) is 129 cm³/mol. The number of ether oxygens (including phenoxy) is 1. The molecule has 2 saturated heterocycles. The Morgan fingerprint density at radius 3 is 2.09 bits per heavy atom. The molecular formula is C26H28N4O5. The first-order valence-electron chi connectivity index (χ1n) is 11.9. The van der Waals surface area contributed by atoms with Gasteiger partial charge in [-0.3, -0.25) is 29.0 Å². The summed E-state index contributed by atoms with van der Waals surface area (Å²) in [6.07, 6.45) is 0. The molecule has 2 aromatic rings. The molecule has 9 heteroatoms. The maximum atomic E-state index is 13.1. The highest BCUT2D eigenvalue weighted by atomic mass is 16.5. The van der Waals surface area contributed by atoms with Gasteiger partial charge in [-0.2, -0.15) is 0 Å². The molecule has 0 spiro atoms. The van der Waals surface area contributed by atoms with Crippen LogP contribution in [0, 0.1) is 0 Å². The number of rotatable bonds is 5. The van der Waals surface area contributed by atoms with E-state index in [2.05, 4.69) is 10.2 Å². The van der Waals surface area contributed by atoms with E-state index in [1.54, 1.807) is 42.5 Å². The Kier molecular flexibility index (Phi) is 6.72. The Labute approximate surface area is 203 Å². The molecule has 0 saturated carbocycles. The number of ketones is 2. The lowest BCUT2D eigenvalue weighted by Gasteiger charge is -2.36. The number of nitrogens with zero attached hydrogens (tertiary/aromatic N) is 3. The van der Waals surface area contributed by atoms with Crippen LogP contribution in [0.3, 0.4) is 0 Å². The number of nitrogens with one attached hydrogen (secondary N) is 1. The zero-order valence-corrected chi connectivity index (χ0v) is 19.5. The van der Waals surface area contributed by atoms with Gasteiger partial charge in [0.2, 0.25) is 11.8 Å². The summed E-state index contributed by atoms with van der Waals surface area (Å²) in [5.74, 6) is -0.636. The summed E-state index contributed by atoms with van der Waals surface area (Å²) in [6.45, 7) is 5.75. The van der Waals surface area contributed by atoms with Crippen molar-refractivity contribution in [3.8, 4) is 0 Å². The average Bonchev–Trinajstić information content (AvgIpc) is 2.88. The summed E-state index contributed by atoms with van der Waals surface area (Å²) in [7, 11) is 0. The van der Waals surface area contributed by atoms with Gasteiger partial charge in [0.25, 0.3) is 0 Å². The zero-order valence-electron chi connectivity index (χ0n) is 19.5. The number of piperazine rings is 1. The van der Waals surface area contributed by atoms with E-state index in [9.17, 15) is 19.2 Å². The number of morpholine rings is 1. The molecule has 9 nitrogen and oxygen atoms in total. The van der Waals surface area contributed by atoms with Crippen LogP contribution in [0.5, 0.6) is 0 Å². The van der Waals surface area contributed by atoms with Crippen LogP contribution in [0.4, 0.5) is 5.69 Å². The van der Waals surface area contributed by atoms with Crippen molar-refractivity contribution in [3.05, 3.63) is 64.7 Å². The topological polar surface area (TPSA) is 99.3 Å². The second kappa shape index (κ2) is 10.1. The molecule has 0 aromatic heterocycles. The predicted octanol–water partition coefficient (Wildman–Crippen LogP) is 0.877. The molecule has 182 valence electrons.